The lowest BCUT2D eigenvalue weighted by Crippen LogP contribution is -2.30. The van der Waals surface area contributed by atoms with E-state index in [9.17, 15) is 22.8 Å². The van der Waals surface area contributed by atoms with Gasteiger partial charge in [-0.25, -0.2) is 13.2 Å². The molecule has 0 saturated carbocycles. The van der Waals surface area contributed by atoms with Crippen molar-refractivity contribution in [1.82, 2.24) is 4.31 Å². The highest BCUT2D eigenvalue weighted by Crippen LogP contribution is 2.24. The van der Waals surface area contributed by atoms with Crippen LogP contribution in [0, 0.1) is 0 Å². The number of carbonyl (C=O) groups excluding carboxylic acids is 3. The van der Waals surface area contributed by atoms with E-state index in [4.69, 9.17) is 16.3 Å². The van der Waals surface area contributed by atoms with Crippen molar-refractivity contribution >= 4 is 45.0 Å². The summed E-state index contributed by atoms with van der Waals surface area (Å²) in [5, 5.41) is 2.73. The molecule has 0 aliphatic carbocycles. The van der Waals surface area contributed by atoms with Crippen LogP contribution in [-0.2, 0) is 19.6 Å². The number of esters is 1. The minimum absolute atomic E-state index is 0.0121. The van der Waals surface area contributed by atoms with Crippen LogP contribution >= 0.6 is 11.6 Å². The summed E-state index contributed by atoms with van der Waals surface area (Å²) in [6, 6.07) is 9.98. The number of halogens is 1. The van der Waals surface area contributed by atoms with Crippen LogP contribution in [0.3, 0.4) is 0 Å². The second-order valence-corrected chi connectivity index (χ2v) is 9.45. The number of anilines is 1. The van der Waals surface area contributed by atoms with Crippen molar-refractivity contribution in [2.75, 3.05) is 25.0 Å². The van der Waals surface area contributed by atoms with Gasteiger partial charge < -0.3 is 10.1 Å². The molecule has 0 heterocycles. The molecule has 1 N–H and O–H groups in total. The minimum atomic E-state index is -3.79. The lowest BCUT2D eigenvalue weighted by Gasteiger charge is -2.19. The number of amides is 1. The van der Waals surface area contributed by atoms with E-state index < -0.39 is 28.4 Å². The zero-order valence-electron chi connectivity index (χ0n) is 18.8. The summed E-state index contributed by atoms with van der Waals surface area (Å²) in [5.41, 5.74) is 0.701. The molecular formula is C23H27ClN2O6S. The molecule has 0 radical (unpaired) electrons. The van der Waals surface area contributed by atoms with Crippen molar-refractivity contribution in [3.63, 3.8) is 0 Å². The minimum Gasteiger partial charge on any atom is -0.454 e. The van der Waals surface area contributed by atoms with Gasteiger partial charge in [0.25, 0.3) is 0 Å². The highest BCUT2D eigenvalue weighted by atomic mass is 35.5. The molecule has 0 aromatic heterocycles. The number of ether oxygens (including phenoxy) is 1. The molecule has 2 aromatic carbocycles. The van der Waals surface area contributed by atoms with Crippen molar-refractivity contribution in [3.05, 3.63) is 58.6 Å². The number of nitrogens with zero attached hydrogens (tertiary/aromatic N) is 1. The second-order valence-electron chi connectivity index (χ2n) is 7.11. The number of sulfonamides is 1. The van der Waals surface area contributed by atoms with Crippen molar-refractivity contribution in [2.24, 2.45) is 0 Å². The Morgan fingerprint density at radius 3 is 2.21 bits per heavy atom. The number of rotatable bonds is 11. The average molecular weight is 495 g/mol. The molecule has 33 heavy (non-hydrogen) atoms. The highest BCUT2D eigenvalue weighted by molar-refractivity contribution is 7.89. The number of benzene rings is 2. The van der Waals surface area contributed by atoms with Gasteiger partial charge in [-0.15, -0.1) is 0 Å². The predicted octanol–water partition coefficient (Wildman–Crippen LogP) is 4.15. The Bertz CT molecular complexity index is 1110. The van der Waals surface area contributed by atoms with E-state index in [2.05, 4.69) is 5.32 Å². The molecule has 2 rings (SSSR count). The second kappa shape index (κ2) is 11.9. The quantitative estimate of drug-likeness (QED) is 0.371. The Hall–Kier alpha value is -2.75. The monoisotopic (exact) mass is 494 g/mol. The molecule has 0 aliphatic heterocycles. The third kappa shape index (κ3) is 6.86. The summed E-state index contributed by atoms with van der Waals surface area (Å²) in [7, 11) is -3.79. The van der Waals surface area contributed by atoms with Crippen LogP contribution in [0.2, 0.25) is 5.02 Å². The maximum atomic E-state index is 12.7. The van der Waals surface area contributed by atoms with Crippen LogP contribution in [0.5, 0.6) is 0 Å². The first-order chi connectivity index (χ1) is 15.6. The van der Waals surface area contributed by atoms with Gasteiger partial charge in [0.05, 0.1) is 15.5 Å². The summed E-state index contributed by atoms with van der Waals surface area (Å²) in [6.07, 6.45) is 1.12. The summed E-state index contributed by atoms with van der Waals surface area (Å²) in [6.45, 7) is 5.32. The molecule has 0 atom stereocenters. The molecular weight excluding hydrogens is 468 g/mol. The fourth-order valence-electron chi connectivity index (χ4n) is 3.02. The lowest BCUT2D eigenvalue weighted by atomic mass is 10.1. The van der Waals surface area contributed by atoms with Gasteiger partial charge in [0.2, 0.25) is 15.9 Å². The van der Waals surface area contributed by atoms with E-state index in [1.165, 1.54) is 28.6 Å². The molecule has 8 nitrogen and oxygen atoms in total. The number of hydrogen-bond donors (Lipinski definition) is 1. The fraction of sp³-hybridized carbons (Fsp3) is 0.348. The predicted molar refractivity (Wildman–Crippen MR) is 126 cm³/mol. The van der Waals surface area contributed by atoms with Gasteiger partial charge >= 0.3 is 5.97 Å². The van der Waals surface area contributed by atoms with E-state index in [-0.39, 0.29) is 34.5 Å². The van der Waals surface area contributed by atoms with Crippen LogP contribution in [0.4, 0.5) is 5.69 Å². The Balaban J connectivity index is 2.08. The van der Waals surface area contributed by atoms with Gasteiger partial charge in [0, 0.05) is 30.8 Å². The number of Topliss-reactive ketones (excluding diaryl/α,β-unsaturated/α-hetero) is 1. The molecule has 178 valence electrons. The first kappa shape index (κ1) is 26.5. The molecule has 0 unspecified atom stereocenters. The van der Waals surface area contributed by atoms with Crippen molar-refractivity contribution < 1.29 is 27.5 Å². The molecule has 0 aliphatic rings. The van der Waals surface area contributed by atoms with Gasteiger partial charge in [0.1, 0.15) is 0 Å². The maximum absolute atomic E-state index is 12.7. The zero-order valence-corrected chi connectivity index (χ0v) is 20.3. The summed E-state index contributed by atoms with van der Waals surface area (Å²) in [4.78, 5) is 36.5. The fourth-order valence-corrected chi connectivity index (χ4v) is 4.70. The third-order valence-corrected chi connectivity index (χ3v) is 7.18. The largest absolute Gasteiger partial charge is 0.454 e. The molecule has 1 amide bonds. The van der Waals surface area contributed by atoms with Crippen molar-refractivity contribution in [2.45, 2.75) is 38.5 Å². The number of hydrogen-bond acceptors (Lipinski definition) is 6. The van der Waals surface area contributed by atoms with Gasteiger partial charge in [-0.2, -0.15) is 4.31 Å². The number of nitrogens with one attached hydrogen (secondary N) is 1. The smallest absolute Gasteiger partial charge is 0.340 e. The maximum Gasteiger partial charge on any atom is 0.340 e. The summed E-state index contributed by atoms with van der Waals surface area (Å²) in [5.74, 6) is -1.49. The average Bonchev–Trinajstić information content (AvgIpc) is 2.78. The van der Waals surface area contributed by atoms with E-state index in [1.54, 1.807) is 26.0 Å². The topological polar surface area (TPSA) is 110 Å². The van der Waals surface area contributed by atoms with Gasteiger partial charge in [-0.1, -0.05) is 32.4 Å². The molecule has 0 bridgehead atoms. The van der Waals surface area contributed by atoms with Crippen LogP contribution < -0.4 is 5.32 Å². The lowest BCUT2D eigenvalue weighted by molar-refractivity contribution is -0.116. The van der Waals surface area contributed by atoms with Gasteiger partial charge in [0.15, 0.2) is 12.4 Å². The normalized spacial score (nSPS) is 11.3. The van der Waals surface area contributed by atoms with E-state index in [1.807, 2.05) is 6.92 Å². The molecule has 0 saturated heterocycles. The Kier molecular flexibility index (Phi) is 9.57. The van der Waals surface area contributed by atoms with E-state index in [0.29, 0.717) is 17.7 Å². The Morgan fingerprint density at radius 1 is 1.00 bits per heavy atom. The molecule has 2 aromatic rings. The number of ketones is 1. The first-order valence-electron chi connectivity index (χ1n) is 10.5. The summed E-state index contributed by atoms with van der Waals surface area (Å²) >= 11 is 6.07. The SMILES string of the molecule is CCCC(=O)Nc1ccc(C(=O)COC(=O)c2cc(S(=O)(=O)N(CC)CC)ccc2Cl)cc1. The number of carbonyl (C=O) groups is 3. The van der Waals surface area contributed by atoms with Crippen LogP contribution in [0.1, 0.15) is 54.3 Å². The van der Waals surface area contributed by atoms with Crippen molar-refractivity contribution in [1.29, 1.82) is 0 Å². The van der Waals surface area contributed by atoms with Crippen LogP contribution in [0.25, 0.3) is 0 Å². The first-order valence-corrected chi connectivity index (χ1v) is 12.4. The standard InChI is InChI=1S/C23H27ClN2O6S/c1-4-7-22(28)25-17-10-8-16(9-11-17)21(27)15-32-23(29)19-14-18(12-13-20(19)24)33(30,31)26(5-2)6-3/h8-14H,4-7,15H2,1-3H3,(H,25,28). The van der Waals surface area contributed by atoms with Crippen LogP contribution in [0.15, 0.2) is 47.4 Å². The molecule has 0 fully saturated rings. The molecule has 10 heteroatoms. The summed E-state index contributed by atoms with van der Waals surface area (Å²) < 4.78 is 31.8. The third-order valence-electron chi connectivity index (χ3n) is 4.80. The van der Waals surface area contributed by atoms with E-state index >= 15 is 0 Å². The van der Waals surface area contributed by atoms with E-state index in [0.717, 1.165) is 12.5 Å². The molecule has 0 spiro atoms. The zero-order chi connectivity index (χ0) is 24.6. The Morgan fingerprint density at radius 2 is 1.64 bits per heavy atom. The van der Waals surface area contributed by atoms with Gasteiger partial charge in [-0.05, 0) is 48.9 Å². The van der Waals surface area contributed by atoms with Gasteiger partial charge in [-0.3, -0.25) is 9.59 Å². The highest BCUT2D eigenvalue weighted by Gasteiger charge is 2.24. The van der Waals surface area contributed by atoms with Crippen molar-refractivity contribution in [3.8, 4) is 0 Å². The Labute approximate surface area is 198 Å². The van der Waals surface area contributed by atoms with Crippen LogP contribution in [-0.4, -0.2) is 50.1 Å².